The van der Waals surface area contributed by atoms with Gasteiger partial charge in [0.25, 0.3) is 10.0 Å². The molecule has 0 saturated heterocycles. The van der Waals surface area contributed by atoms with Crippen molar-refractivity contribution in [1.29, 1.82) is 0 Å². The Morgan fingerprint density at radius 1 is 1.42 bits per heavy atom. The Morgan fingerprint density at radius 2 is 2.11 bits per heavy atom. The highest BCUT2D eigenvalue weighted by Gasteiger charge is 2.39. The maximum atomic E-state index is 12.7. The monoisotopic (exact) mass is 286 g/mol. The Labute approximate surface area is 114 Å². The zero-order chi connectivity index (χ0) is 14.0. The summed E-state index contributed by atoms with van der Waals surface area (Å²) >= 11 is 0. The number of aryl methyl sites for hydroxylation is 1. The van der Waals surface area contributed by atoms with Gasteiger partial charge in [0.1, 0.15) is 0 Å². The van der Waals surface area contributed by atoms with E-state index in [2.05, 4.69) is 15.5 Å². The molecule has 7 heteroatoms. The molecule has 0 atom stereocenters. The van der Waals surface area contributed by atoms with Crippen LogP contribution in [0.3, 0.4) is 0 Å². The summed E-state index contributed by atoms with van der Waals surface area (Å²) in [5.41, 5.74) is 1.56. The number of aromatic amines is 1. The highest BCUT2D eigenvalue weighted by atomic mass is 32.2. The lowest BCUT2D eigenvalue weighted by Crippen LogP contribution is -2.34. The van der Waals surface area contributed by atoms with Gasteiger partial charge in [-0.25, -0.2) is 8.42 Å². The lowest BCUT2D eigenvalue weighted by molar-refractivity contribution is 0.418. The van der Waals surface area contributed by atoms with Crippen molar-refractivity contribution in [2.75, 3.05) is 13.1 Å². The van der Waals surface area contributed by atoms with Crippen molar-refractivity contribution in [3.8, 4) is 0 Å². The van der Waals surface area contributed by atoms with Crippen molar-refractivity contribution in [3.63, 3.8) is 0 Å². The van der Waals surface area contributed by atoms with Gasteiger partial charge in [0.05, 0.1) is 0 Å². The Kier molecular flexibility index (Phi) is 4.27. The van der Waals surface area contributed by atoms with Crippen LogP contribution in [-0.4, -0.2) is 42.1 Å². The highest BCUT2D eigenvalue weighted by molar-refractivity contribution is 7.89. The average molecular weight is 286 g/mol. The molecule has 1 aliphatic rings. The highest BCUT2D eigenvalue weighted by Crippen LogP contribution is 2.32. The topological polar surface area (TPSA) is 78.1 Å². The molecule has 108 valence electrons. The third-order valence-electron chi connectivity index (χ3n) is 3.41. The van der Waals surface area contributed by atoms with Gasteiger partial charge in [-0.1, -0.05) is 13.8 Å². The molecule has 0 spiro atoms. The lowest BCUT2D eigenvalue weighted by atomic mass is 10.2. The van der Waals surface area contributed by atoms with E-state index in [9.17, 15) is 8.42 Å². The summed E-state index contributed by atoms with van der Waals surface area (Å²) in [4.78, 5) is 0. The van der Waals surface area contributed by atoms with Crippen LogP contribution in [0.2, 0.25) is 0 Å². The van der Waals surface area contributed by atoms with Crippen LogP contribution in [0.5, 0.6) is 0 Å². The number of rotatable bonds is 7. The van der Waals surface area contributed by atoms with Crippen LogP contribution in [0.25, 0.3) is 0 Å². The molecule has 0 aromatic carbocycles. The third-order valence-corrected chi connectivity index (χ3v) is 5.41. The molecule has 2 N–H and O–H groups in total. The van der Waals surface area contributed by atoms with Crippen molar-refractivity contribution in [1.82, 2.24) is 19.8 Å². The van der Waals surface area contributed by atoms with Crippen LogP contribution in [0.1, 0.15) is 37.9 Å². The molecule has 0 bridgehead atoms. The van der Waals surface area contributed by atoms with Crippen LogP contribution >= 0.6 is 0 Å². The van der Waals surface area contributed by atoms with Crippen LogP contribution in [0.15, 0.2) is 5.03 Å². The molecule has 0 aliphatic heterocycles. The summed E-state index contributed by atoms with van der Waals surface area (Å²) in [5, 5.41) is 10.2. The first-order valence-corrected chi connectivity index (χ1v) is 8.22. The first-order valence-electron chi connectivity index (χ1n) is 6.78. The van der Waals surface area contributed by atoms with Gasteiger partial charge < -0.3 is 5.32 Å². The third kappa shape index (κ3) is 2.82. The number of nitrogens with zero attached hydrogens (tertiary/aromatic N) is 2. The van der Waals surface area contributed by atoms with Gasteiger partial charge in [0, 0.05) is 30.4 Å². The summed E-state index contributed by atoms with van der Waals surface area (Å²) in [6.07, 6.45) is 1.91. The molecule has 1 aliphatic carbocycles. The maximum Gasteiger partial charge on any atom is 0.262 e. The van der Waals surface area contributed by atoms with Crippen molar-refractivity contribution in [2.45, 2.75) is 51.2 Å². The Morgan fingerprint density at radius 3 is 2.63 bits per heavy atom. The summed E-state index contributed by atoms with van der Waals surface area (Å²) in [6, 6.07) is 0.166. The van der Waals surface area contributed by atoms with E-state index >= 15 is 0 Å². The number of H-pyrrole nitrogens is 1. The van der Waals surface area contributed by atoms with Crippen LogP contribution in [0.4, 0.5) is 0 Å². The number of sulfonamides is 1. The summed E-state index contributed by atoms with van der Waals surface area (Å²) in [7, 11) is -3.48. The largest absolute Gasteiger partial charge is 0.313 e. The van der Waals surface area contributed by atoms with E-state index < -0.39 is 10.0 Å². The smallest absolute Gasteiger partial charge is 0.262 e. The molecule has 2 rings (SSSR count). The van der Waals surface area contributed by atoms with E-state index in [1.54, 1.807) is 4.31 Å². The quantitative estimate of drug-likeness (QED) is 0.784. The molecule has 0 unspecified atom stereocenters. The van der Waals surface area contributed by atoms with Gasteiger partial charge in [0.15, 0.2) is 5.03 Å². The Balaban J connectivity index is 2.34. The summed E-state index contributed by atoms with van der Waals surface area (Å²) in [6.45, 7) is 7.54. The van der Waals surface area contributed by atoms with Gasteiger partial charge in [-0.2, -0.15) is 9.40 Å². The van der Waals surface area contributed by atoms with Crippen LogP contribution in [-0.2, 0) is 16.6 Å². The van der Waals surface area contributed by atoms with E-state index in [1.807, 2.05) is 20.8 Å². The molecule has 1 fully saturated rings. The number of nitrogens with one attached hydrogen (secondary N) is 2. The van der Waals surface area contributed by atoms with E-state index in [1.165, 1.54) is 0 Å². The fourth-order valence-electron chi connectivity index (χ4n) is 2.20. The van der Waals surface area contributed by atoms with Crippen molar-refractivity contribution in [2.24, 2.45) is 0 Å². The summed E-state index contributed by atoms with van der Waals surface area (Å²) in [5.74, 6) is 0. The predicted molar refractivity (Wildman–Crippen MR) is 73.3 cm³/mol. The van der Waals surface area contributed by atoms with Gasteiger partial charge in [-0.15, -0.1) is 0 Å². The van der Waals surface area contributed by atoms with E-state index in [4.69, 9.17) is 0 Å². The fourth-order valence-corrected chi connectivity index (χ4v) is 4.06. The van der Waals surface area contributed by atoms with E-state index in [-0.39, 0.29) is 11.1 Å². The molecule has 1 saturated carbocycles. The molecule has 0 radical (unpaired) electrons. The second-order valence-electron chi connectivity index (χ2n) is 4.85. The molecule has 1 aromatic heterocycles. The molecule has 19 heavy (non-hydrogen) atoms. The molecule has 6 nitrogen and oxygen atoms in total. The second-order valence-corrected chi connectivity index (χ2v) is 6.66. The normalized spacial score (nSPS) is 16.2. The van der Waals surface area contributed by atoms with E-state index in [0.29, 0.717) is 13.1 Å². The minimum atomic E-state index is -3.48. The molecule has 1 heterocycles. The molecule has 0 amide bonds. The first kappa shape index (κ1) is 14.5. The molecule has 1 aromatic rings. The van der Waals surface area contributed by atoms with Crippen molar-refractivity contribution >= 4 is 10.0 Å². The van der Waals surface area contributed by atoms with Crippen molar-refractivity contribution < 1.29 is 8.42 Å². The maximum absolute atomic E-state index is 12.7. The Bertz CT molecular complexity index is 534. The van der Waals surface area contributed by atoms with Gasteiger partial charge in [0.2, 0.25) is 0 Å². The lowest BCUT2D eigenvalue weighted by Gasteiger charge is -2.19. The zero-order valence-electron chi connectivity index (χ0n) is 11.7. The number of hydrogen-bond acceptors (Lipinski definition) is 4. The fraction of sp³-hybridized carbons (Fsp3) is 0.750. The molecular formula is C12H22N4O2S. The predicted octanol–water partition coefficient (Wildman–Crippen LogP) is 1.00. The summed E-state index contributed by atoms with van der Waals surface area (Å²) < 4.78 is 26.9. The number of hydrogen-bond donors (Lipinski definition) is 2. The van der Waals surface area contributed by atoms with Crippen LogP contribution in [0, 0.1) is 6.92 Å². The minimum Gasteiger partial charge on any atom is -0.313 e. The SMILES string of the molecule is CCNCc1c(S(=O)(=O)N(CC)C2CC2)n[nH]c1C. The van der Waals surface area contributed by atoms with Gasteiger partial charge >= 0.3 is 0 Å². The number of aromatic nitrogens is 2. The second kappa shape index (κ2) is 5.60. The van der Waals surface area contributed by atoms with Gasteiger partial charge in [-0.05, 0) is 26.3 Å². The minimum absolute atomic E-state index is 0.166. The zero-order valence-corrected chi connectivity index (χ0v) is 12.5. The van der Waals surface area contributed by atoms with Crippen LogP contribution < -0.4 is 5.32 Å². The van der Waals surface area contributed by atoms with Crippen molar-refractivity contribution in [3.05, 3.63) is 11.3 Å². The first-order chi connectivity index (χ1) is 9.02. The molecular weight excluding hydrogens is 264 g/mol. The standard InChI is InChI=1S/C12H22N4O2S/c1-4-13-8-11-9(3)14-15-12(11)19(17,18)16(5-2)10-6-7-10/h10,13H,4-8H2,1-3H3,(H,14,15). The van der Waals surface area contributed by atoms with E-state index in [0.717, 1.165) is 30.6 Å². The Hall–Kier alpha value is -0.920. The van der Waals surface area contributed by atoms with Gasteiger partial charge in [-0.3, -0.25) is 5.10 Å². The average Bonchev–Trinajstić information content (AvgIpc) is 3.11.